The minimum absolute atomic E-state index is 1.23. The number of hydrogen-bond donors (Lipinski definition) is 0. The highest BCUT2D eigenvalue weighted by Gasteiger charge is 2.50. The van der Waals surface area contributed by atoms with Crippen molar-refractivity contribution in [1.29, 1.82) is 0 Å². The molecule has 1 nitrogen and oxygen atoms in total. The number of benzene rings is 1. The van der Waals surface area contributed by atoms with Gasteiger partial charge >= 0.3 is 0 Å². The van der Waals surface area contributed by atoms with E-state index in [0.717, 1.165) is 0 Å². The molecule has 0 N–H and O–H groups in total. The molecule has 0 atom stereocenters. The molecule has 1 aromatic rings. The number of hydrogen-bond acceptors (Lipinski definition) is 1. The molecule has 1 saturated heterocycles. The van der Waals surface area contributed by atoms with Gasteiger partial charge in [-0.25, -0.2) is 0 Å². The van der Waals surface area contributed by atoms with Crippen molar-refractivity contribution >= 4 is 16.5 Å². The van der Waals surface area contributed by atoms with E-state index in [1.165, 1.54) is 42.7 Å². The Bertz CT molecular complexity index is 404. The molecule has 0 aliphatic carbocycles. The van der Waals surface area contributed by atoms with Crippen molar-refractivity contribution in [3.8, 4) is 0 Å². The quantitative estimate of drug-likeness (QED) is 0.593. The fourth-order valence-corrected chi connectivity index (χ4v) is 18.7. The Labute approximate surface area is 133 Å². The maximum atomic E-state index is 3.18. The Morgan fingerprint density at radius 3 is 1.71 bits per heavy atom. The van der Waals surface area contributed by atoms with Crippen molar-refractivity contribution in [2.75, 3.05) is 0 Å². The van der Waals surface area contributed by atoms with Crippen LogP contribution in [0.15, 0.2) is 30.3 Å². The largest absolute Gasteiger partial charge is 0.341 e. The molecule has 0 aromatic heterocycles. The minimum atomic E-state index is -1.23. The molecule has 1 aromatic carbocycles. The Balaban J connectivity index is 2.38. The third kappa shape index (κ3) is 3.20. The third-order valence-electron chi connectivity index (χ3n) is 6.25. The molecule has 0 spiro atoms. The first-order valence-electron chi connectivity index (χ1n) is 8.98. The summed E-state index contributed by atoms with van der Waals surface area (Å²) < 4.78 is 3.18. The highest BCUT2D eigenvalue weighted by molar-refractivity contribution is 6.93. The zero-order valence-electron chi connectivity index (χ0n) is 14.5. The molecule has 118 valence electrons. The van der Waals surface area contributed by atoms with Gasteiger partial charge in [0.1, 0.15) is 16.5 Å². The maximum Gasteiger partial charge on any atom is 0.121 e. The van der Waals surface area contributed by atoms with Crippen LogP contribution in [0.1, 0.15) is 39.7 Å². The van der Waals surface area contributed by atoms with Gasteiger partial charge in [-0.15, -0.1) is 0 Å². The van der Waals surface area contributed by atoms with E-state index in [4.69, 9.17) is 0 Å². The van der Waals surface area contributed by atoms with Gasteiger partial charge < -0.3 is 4.23 Å². The smallest absolute Gasteiger partial charge is 0.121 e. The molecule has 21 heavy (non-hydrogen) atoms. The van der Waals surface area contributed by atoms with Gasteiger partial charge in [-0.3, -0.25) is 0 Å². The zero-order valence-corrected chi connectivity index (χ0v) is 16.5. The molecule has 1 heterocycles. The number of rotatable bonds is 6. The van der Waals surface area contributed by atoms with Gasteiger partial charge in [0.2, 0.25) is 0 Å². The normalized spacial score (nSPS) is 21.3. The van der Waals surface area contributed by atoms with Gasteiger partial charge in [-0.1, -0.05) is 64.4 Å². The van der Waals surface area contributed by atoms with Gasteiger partial charge in [0.15, 0.2) is 0 Å². The van der Waals surface area contributed by atoms with Crippen LogP contribution in [0.5, 0.6) is 0 Å². The van der Waals surface area contributed by atoms with E-state index in [1.54, 1.807) is 12.1 Å². The lowest BCUT2D eigenvalue weighted by atomic mass is 10.2. The molecular formula is C18H33NSi2. The maximum absolute atomic E-state index is 3.18. The first-order valence-corrected chi connectivity index (χ1v) is 14.1. The van der Waals surface area contributed by atoms with Crippen molar-refractivity contribution in [2.45, 2.75) is 76.9 Å². The average molecular weight is 320 g/mol. The highest BCUT2D eigenvalue weighted by Crippen LogP contribution is 2.43. The zero-order chi connectivity index (χ0) is 15.3. The third-order valence-corrected chi connectivity index (χ3v) is 19.5. The van der Waals surface area contributed by atoms with Gasteiger partial charge in [-0.05, 0) is 41.8 Å². The van der Waals surface area contributed by atoms with Gasteiger partial charge in [0, 0.05) is 6.54 Å². The highest BCUT2D eigenvalue weighted by atomic mass is 28.4. The van der Waals surface area contributed by atoms with Crippen molar-refractivity contribution in [3.05, 3.63) is 35.9 Å². The van der Waals surface area contributed by atoms with Gasteiger partial charge in [-0.2, -0.15) is 0 Å². The van der Waals surface area contributed by atoms with Crippen molar-refractivity contribution in [3.63, 3.8) is 0 Å². The van der Waals surface area contributed by atoms with Crippen LogP contribution in [0.2, 0.25) is 36.3 Å². The van der Waals surface area contributed by atoms with Crippen LogP contribution >= 0.6 is 0 Å². The summed E-state index contributed by atoms with van der Waals surface area (Å²) in [6, 6.07) is 20.1. The summed E-state index contributed by atoms with van der Waals surface area (Å²) in [6.45, 7) is 11.1. The van der Waals surface area contributed by atoms with E-state index in [-0.39, 0.29) is 0 Å². The Morgan fingerprint density at radius 1 is 0.810 bits per heavy atom. The molecule has 1 aliphatic rings. The molecule has 1 aliphatic heterocycles. The second-order valence-corrected chi connectivity index (χ2v) is 17.0. The summed E-state index contributed by atoms with van der Waals surface area (Å²) in [7, 11) is -2.45. The molecular weight excluding hydrogens is 286 g/mol. The fourth-order valence-electron chi connectivity index (χ4n) is 4.59. The molecule has 2 rings (SSSR count). The van der Waals surface area contributed by atoms with E-state index in [9.17, 15) is 0 Å². The molecule has 1 fully saturated rings. The van der Waals surface area contributed by atoms with E-state index in [1.807, 2.05) is 0 Å². The lowest BCUT2D eigenvalue weighted by molar-refractivity contribution is 0.544. The summed E-state index contributed by atoms with van der Waals surface area (Å²) in [5, 5.41) is 0. The summed E-state index contributed by atoms with van der Waals surface area (Å²) in [4.78, 5) is 0. The second-order valence-electron chi connectivity index (χ2n) is 6.79. The first-order chi connectivity index (χ1) is 10.2. The van der Waals surface area contributed by atoms with Crippen molar-refractivity contribution in [2.24, 2.45) is 0 Å². The lowest BCUT2D eigenvalue weighted by Gasteiger charge is -2.56. The molecule has 3 heteroatoms. The van der Waals surface area contributed by atoms with Gasteiger partial charge in [0.25, 0.3) is 0 Å². The van der Waals surface area contributed by atoms with E-state index in [0.29, 0.717) is 0 Å². The van der Waals surface area contributed by atoms with Crippen LogP contribution < -0.4 is 0 Å². The summed E-state index contributed by atoms with van der Waals surface area (Å²) in [5.74, 6) is 0. The predicted molar refractivity (Wildman–Crippen MR) is 99.6 cm³/mol. The Morgan fingerprint density at radius 2 is 1.29 bits per heavy atom. The van der Waals surface area contributed by atoms with Crippen molar-refractivity contribution < 1.29 is 0 Å². The number of nitrogens with zero attached hydrogens (tertiary/aromatic N) is 1. The van der Waals surface area contributed by atoms with Crippen LogP contribution in [0, 0.1) is 0 Å². The topological polar surface area (TPSA) is 3.24 Å². The molecule has 0 amide bonds. The van der Waals surface area contributed by atoms with Crippen LogP contribution in [0.25, 0.3) is 0 Å². The Hall–Kier alpha value is -0.386. The van der Waals surface area contributed by atoms with E-state index < -0.39 is 16.5 Å². The molecule has 0 saturated carbocycles. The van der Waals surface area contributed by atoms with Crippen LogP contribution in [0.4, 0.5) is 0 Å². The van der Waals surface area contributed by atoms with E-state index in [2.05, 4.69) is 62.3 Å². The van der Waals surface area contributed by atoms with Crippen molar-refractivity contribution in [1.82, 2.24) is 4.23 Å². The summed E-state index contributed by atoms with van der Waals surface area (Å²) in [6.07, 6.45) is 1.52. The first kappa shape index (κ1) is 17.0. The Kier molecular flexibility index (Phi) is 5.86. The van der Waals surface area contributed by atoms with E-state index >= 15 is 0 Å². The van der Waals surface area contributed by atoms with Crippen LogP contribution in [0.3, 0.4) is 0 Å². The summed E-state index contributed by atoms with van der Waals surface area (Å²) in [5.41, 5.74) is 1.54. The van der Waals surface area contributed by atoms with Gasteiger partial charge in [0.05, 0.1) is 0 Å². The van der Waals surface area contributed by atoms with Crippen LogP contribution in [-0.2, 0) is 6.54 Å². The minimum Gasteiger partial charge on any atom is -0.341 e. The molecule has 0 radical (unpaired) electrons. The average Bonchev–Trinajstić information content (AvgIpc) is 2.56. The fraction of sp³-hybridized carbons (Fsp3) is 0.667. The molecule has 0 bridgehead atoms. The summed E-state index contributed by atoms with van der Waals surface area (Å²) >= 11 is 0. The lowest BCUT2D eigenvalue weighted by Crippen LogP contribution is -2.68. The monoisotopic (exact) mass is 319 g/mol. The van der Waals surface area contributed by atoms with Crippen LogP contribution in [-0.4, -0.2) is 20.7 Å². The SMILES string of the molecule is CC[Si]1(CC)CCC[Si](CC)(CC)N1Cc1ccccc1. The molecule has 0 unspecified atom stereocenters. The standard InChI is InChI=1S/C18H33NSi2/c1-5-20(6-2)15-12-16-21(7-3,8-4)19(20)17-18-13-10-9-11-14-18/h9-11,13-14H,5-8,12,15-17H2,1-4H3. The second kappa shape index (κ2) is 7.25. The predicted octanol–water partition coefficient (Wildman–Crippen LogP) is 5.86.